The molecule has 98 valence electrons. The molecule has 1 N–H and O–H groups in total. The molecule has 0 amide bonds. The molecule has 4 heteroatoms. The maximum absolute atomic E-state index is 12.4. The first-order valence-electron chi connectivity index (χ1n) is 6.15. The van der Waals surface area contributed by atoms with Gasteiger partial charge in [-0.25, -0.2) is 0 Å². The summed E-state index contributed by atoms with van der Waals surface area (Å²) in [7, 11) is 1.64. The summed E-state index contributed by atoms with van der Waals surface area (Å²) in [5, 5.41) is 3.17. The Balaban J connectivity index is 2.27. The zero-order valence-corrected chi connectivity index (χ0v) is 11.1. The van der Waals surface area contributed by atoms with E-state index in [2.05, 4.69) is 5.32 Å². The predicted molar refractivity (Wildman–Crippen MR) is 69.4 cm³/mol. The molecule has 1 aliphatic rings. The Morgan fingerprint density at radius 3 is 2.78 bits per heavy atom. The predicted octanol–water partition coefficient (Wildman–Crippen LogP) is 1.48. The van der Waals surface area contributed by atoms with Crippen molar-refractivity contribution in [2.24, 2.45) is 0 Å². The van der Waals surface area contributed by atoms with Crippen LogP contribution in [0.1, 0.15) is 21.5 Å². The fourth-order valence-corrected chi connectivity index (χ4v) is 2.18. The van der Waals surface area contributed by atoms with Crippen molar-refractivity contribution in [3.05, 3.63) is 28.8 Å². The van der Waals surface area contributed by atoms with E-state index in [0.29, 0.717) is 13.2 Å². The molecule has 0 bridgehead atoms. The Morgan fingerprint density at radius 2 is 2.17 bits per heavy atom. The highest BCUT2D eigenvalue weighted by Gasteiger charge is 2.24. The van der Waals surface area contributed by atoms with Crippen molar-refractivity contribution >= 4 is 5.78 Å². The fraction of sp³-hybridized carbons (Fsp3) is 0.500. The quantitative estimate of drug-likeness (QED) is 0.824. The smallest absolute Gasteiger partial charge is 0.193 e. The zero-order valence-electron chi connectivity index (χ0n) is 11.1. The van der Waals surface area contributed by atoms with Gasteiger partial charge < -0.3 is 14.8 Å². The Morgan fingerprint density at radius 1 is 1.39 bits per heavy atom. The highest BCUT2D eigenvalue weighted by molar-refractivity contribution is 6.01. The van der Waals surface area contributed by atoms with Crippen LogP contribution in [0.15, 0.2) is 12.1 Å². The van der Waals surface area contributed by atoms with Crippen LogP contribution in [0.25, 0.3) is 0 Å². The summed E-state index contributed by atoms with van der Waals surface area (Å²) >= 11 is 0. The average molecular weight is 249 g/mol. The van der Waals surface area contributed by atoms with Crippen LogP contribution in [0.4, 0.5) is 0 Å². The van der Waals surface area contributed by atoms with Crippen LogP contribution in [0.2, 0.25) is 0 Å². The van der Waals surface area contributed by atoms with Gasteiger partial charge in [-0.2, -0.15) is 0 Å². The molecule has 1 heterocycles. The van der Waals surface area contributed by atoms with E-state index < -0.39 is 0 Å². The number of aryl methyl sites for hydroxylation is 2. The largest absolute Gasteiger partial charge is 0.496 e. The van der Waals surface area contributed by atoms with Crippen LogP contribution in [0.3, 0.4) is 0 Å². The van der Waals surface area contributed by atoms with E-state index in [-0.39, 0.29) is 11.9 Å². The molecule has 0 saturated carbocycles. The van der Waals surface area contributed by atoms with Crippen molar-refractivity contribution in [1.82, 2.24) is 5.32 Å². The molecular formula is C14H19NO3. The van der Waals surface area contributed by atoms with Gasteiger partial charge in [-0.3, -0.25) is 4.79 Å². The number of hydrogen-bond acceptors (Lipinski definition) is 4. The molecule has 2 rings (SSSR count). The first-order chi connectivity index (χ1) is 8.63. The van der Waals surface area contributed by atoms with Gasteiger partial charge in [0.2, 0.25) is 0 Å². The molecule has 0 aliphatic carbocycles. The van der Waals surface area contributed by atoms with E-state index in [1.165, 1.54) is 0 Å². The Kier molecular flexibility index (Phi) is 3.99. The van der Waals surface area contributed by atoms with Gasteiger partial charge in [-0.1, -0.05) is 0 Å². The van der Waals surface area contributed by atoms with Crippen molar-refractivity contribution in [3.8, 4) is 5.75 Å². The van der Waals surface area contributed by atoms with E-state index >= 15 is 0 Å². The van der Waals surface area contributed by atoms with E-state index in [9.17, 15) is 4.79 Å². The maximum atomic E-state index is 12.4. The molecule has 18 heavy (non-hydrogen) atoms. The first-order valence-corrected chi connectivity index (χ1v) is 6.15. The monoisotopic (exact) mass is 249 g/mol. The fourth-order valence-electron chi connectivity index (χ4n) is 2.18. The van der Waals surface area contributed by atoms with Gasteiger partial charge in [0.1, 0.15) is 11.9 Å². The summed E-state index contributed by atoms with van der Waals surface area (Å²) in [5.41, 5.74) is 2.62. The number of rotatable bonds is 3. The zero-order chi connectivity index (χ0) is 13.1. The molecule has 1 unspecified atom stereocenters. The molecule has 0 radical (unpaired) electrons. The second-order valence-electron chi connectivity index (χ2n) is 4.56. The molecule has 1 aliphatic heterocycles. The minimum Gasteiger partial charge on any atom is -0.496 e. The van der Waals surface area contributed by atoms with Crippen LogP contribution in [-0.4, -0.2) is 38.7 Å². The summed E-state index contributed by atoms with van der Waals surface area (Å²) in [4.78, 5) is 12.4. The van der Waals surface area contributed by atoms with Crippen LogP contribution < -0.4 is 10.1 Å². The topological polar surface area (TPSA) is 47.6 Å². The molecule has 1 aromatic rings. The van der Waals surface area contributed by atoms with Crippen LogP contribution >= 0.6 is 0 Å². The van der Waals surface area contributed by atoms with E-state index in [0.717, 1.165) is 29.0 Å². The lowest BCUT2D eigenvalue weighted by molar-refractivity contribution is 0.0269. The van der Waals surface area contributed by atoms with Crippen molar-refractivity contribution in [2.45, 2.75) is 20.0 Å². The van der Waals surface area contributed by atoms with Gasteiger partial charge in [-0.05, 0) is 37.1 Å². The van der Waals surface area contributed by atoms with E-state index in [1.807, 2.05) is 26.0 Å². The maximum Gasteiger partial charge on any atom is 0.193 e. The Bertz CT molecular complexity index is 451. The number of benzene rings is 1. The highest BCUT2D eigenvalue weighted by atomic mass is 16.5. The van der Waals surface area contributed by atoms with Crippen LogP contribution in [-0.2, 0) is 4.74 Å². The number of carbonyl (C=O) groups excluding carboxylic acids is 1. The molecule has 1 fully saturated rings. The number of hydrogen-bond donors (Lipinski definition) is 1. The molecule has 1 saturated heterocycles. The molecule has 1 aromatic carbocycles. The average Bonchev–Trinajstić information content (AvgIpc) is 2.41. The summed E-state index contributed by atoms with van der Waals surface area (Å²) in [6.07, 6.45) is -0.370. The molecule has 0 spiro atoms. The van der Waals surface area contributed by atoms with Gasteiger partial charge in [0, 0.05) is 18.7 Å². The first kappa shape index (κ1) is 13.1. The lowest BCUT2D eigenvalue weighted by Gasteiger charge is -2.23. The van der Waals surface area contributed by atoms with Crippen LogP contribution in [0.5, 0.6) is 5.75 Å². The Hall–Kier alpha value is -1.39. The Labute approximate surface area is 107 Å². The van der Waals surface area contributed by atoms with Crippen molar-refractivity contribution < 1.29 is 14.3 Å². The normalized spacial score (nSPS) is 19.6. The van der Waals surface area contributed by atoms with E-state index in [1.54, 1.807) is 7.11 Å². The number of nitrogens with one attached hydrogen (secondary N) is 1. The van der Waals surface area contributed by atoms with E-state index in [4.69, 9.17) is 9.47 Å². The van der Waals surface area contributed by atoms with Crippen molar-refractivity contribution in [2.75, 3.05) is 26.8 Å². The van der Waals surface area contributed by atoms with Gasteiger partial charge in [0.25, 0.3) is 0 Å². The third kappa shape index (κ3) is 2.54. The highest BCUT2D eigenvalue weighted by Crippen LogP contribution is 2.24. The standard InChI is InChI=1S/C14H19NO3/c1-9-7-12(17-3)10(2)6-11(9)14(16)13-8-15-4-5-18-13/h6-7,13,15H,4-5,8H2,1-3H3. The number of ketones is 1. The number of Topliss-reactive ketones (excluding diaryl/α,β-unsaturated/α-hetero) is 1. The third-order valence-electron chi connectivity index (χ3n) is 3.23. The summed E-state index contributed by atoms with van der Waals surface area (Å²) in [5.74, 6) is 0.859. The van der Waals surface area contributed by atoms with Crippen LogP contribution in [0, 0.1) is 13.8 Å². The number of carbonyl (C=O) groups is 1. The van der Waals surface area contributed by atoms with Gasteiger partial charge in [-0.15, -0.1) is 0 Å². The van der Waals surface area contributed by atoms with Crippen molar-refractivity contribution in [1.29, 1.82) is 0 Å². The second-order valence-corrected chi connectivity index (χ2v) is 4.56. The minimum atomic E-state index is -0.370. The summed E-state index contributed by atoms with van der Waals surface area (Å²) in [6, 6.07) is 3.79. The second kappa shape index (κ2) is 5.50. The number of methoxy groups -OCH3 is 1. The van der Waals surface area contributed by atoms with Gasteiger partial charge >= 0.3 is 0 Å². The summed E-state index contributed by atoms with van der Waals surface area (Å²) < 4.78 is 10.8. The third-order valence-corrected chi connectivity index (χ3v) is 3.23. The lowest BCUT2D eigenvalue weighted by atomic mass is 9.97. The van der Waals surface area contributed by atoms with Gasteiger partial charge in [0.05, 0.1) is 13.7 Å². The molecule has 1 atom stereocenters. The van der Waals surface area contributed by atoms with Crippen molar-refractivity contribution in [3.63, 3.8) is 0 Å². The molecule has 4 nitrogen and oxygen atoms in total. The molecular weight excluding hydrogens is 230 g/mol. The lowest BCUT2D eigenvalue weighted by Crippen LogP contribution is -2.43. The van der Waals surface area contributed by atoms with Gasteiger partial charge in [0.15, 0.2) is 5.78 Å². The number of ether oxygens (including phenoxy) is 2. The SMILES string of the molecule is COc1cc(C)c(C(=O)C2CNCCO2)cc1C. The summed E-state index contributed by atoms with van der Waals surface area (Å²) in [6.45, 7) is 5.85. The molecule has 0 aromatic heterocycles. The number of morpholine rings is 1. The minimum absolute atomic E-state index is 0.0467.